The van der Waals surface area contributed by atoms with E-state index in [4.69, 9.17) is 0 Å². The highest BCUT2D eigenvalue weighted by molar-refractivity contribution is 7.18. The van der Waals surface area contributed by atoms with E-state index in [1.165, 1.54) is 11.3 Å². The fourth-order valence-corrected chi connectivity index (χ4v) is 3.82. The molecule has 0 fully saturated rings. The second kappa shape index (κ2) is 4.68. The van der Waals surface area contributed by atoms with Crippen molar-refractivity contribution in [3.63, 3.8) is 0 Å². The highest BCUT2D eigenvalue weighted by Gasteiger charge is 2.41. The third-order valence-corrected chi connectivity index (χ3v) is 4.89. The first kappa shape index (κ1) is 13.0. The van der Waals surface area contributed by atoms with E-state index >= 15 is 0 Å². The number of fused-ring (bicyclic) bond motifs is 2. The number of ketones is 2. The smallest absolute Gasteiger partial charge is 0.279 e. The second-order valence-corrected chi connectivity index (χ2v) is 6.12. The lowest BCUT2D eigenvalue weighted by Crippen LogP contribution is -2.18. The number of aromatic nitrogens is 1. The molecule has 3 aromatic rings. The van der Waals surface area contributed by atoms with Crippen LogP contribution in [-0.2, 0) is 0 Å². The van der Waals surface area contributed by atoms with E-state index in [0.29, 0.717) is 16.5 Å². The number of carbonyl (C=O) groups excluding carboxylic acids is 2. The van der Waals surface area contributed by atoms with E-state index in [-0.39, 0.29) is 16.6 Å². The van der Waals surface area contributed by atoms with Crippen LogP contribution >= 0.6 is 11.3 Å². The van der Waals surface area contributed by atoms with E-state index in [9.17, 15) is 14.4 Å². The number of nitrogens with zero attached hydrogens (tertiary/aromatic N) is 1. The summed E-state index contributed by atoms with van der Waals surface area (Å²) in [6.07, 6.45) is 0. The minimum absolute atomic E-state index is 0.273. The van der Waals surface area contributed by atoms with Crippen LogP contribution in [0.5, 0.6) is 0 Å². The Morgan fingerprint density at radius 3 is 2.09 bits per heavy atom. The fourth-order valence-electron chi connectivity index (χ4n) is 2.72. The Kier molecular flexibility index (Phi) is 2.77. The van der Waals surface area contributed by atoms with Gasteiger partial charge in [-0.1, -0.05) is 36.4 Å². The molecule has 0 spiro atoms. The molecule has 2 aromatic carbocycles. The molecule has 1 aromatic heterocycles. The summed E-state index contributed by atoms with van der Waals surface area (Å²) < 4.78 is 0.731. The van der Waals surface area contributed by atoms with Gasteiger partial charge in [0, 0.05) is 15.8 Å². The molecular weight excluding hydrogens is 298 g/mol. The van der Waals surface area contributed by atoms with E-state index in [2.05, 4.69) is 4.98 Å². The fraction of sp³-hybridized carbons (Fsp3) is 0.0588. The standard InChI is InChI=1S/C17H9NO3S/c19-14-9-5-1-2-6-10(9)15(20)13(14)17-18-16(21)11-7-3-4-8-12(11)22-17/h1-8,13H. The van der Waals surface area contributed by atoms with Crippen molar-refractivity contribution in [3.05, 3.63) is 75.0 Å². The maximum Gasteiger partial charge on any atom is 0.279 e. The molecule has 1 aliphatic carbocycles. The Labute approximate surface area is 129 Å². The number of rotatable bonds is 1. The summed E-state index contributed by atoms with van der Waals surface area (Å²) in [4.78, 5) is 41.1. The zero-order valence-electron chi connectivity index (χ0n) is 11.3. The van der Waals surface area contributed by atoms with Gasteiger partial charge in [0.2, 0.25) is 0 Å². The molecule has 5 heteroatoms. The molecule has 0 saturated heterocycles. The van der Waals surface area contributed by atoms with E-state index in [1.54, 1.807) is 42.5 Å². The number of benzene rings is 2. The number of carbonyl (C=O) groups is 2. The van der Waals surface area contributed by atoms with E-state index in [1.807, 2.05) is 6.07 Å². The first-order valence-corrected chi connectivity index (χ1v) is 7.56. The summed E-state index contributed by atoms with van der Waals surface area (Å²) in [5.41, 5.74) is 0.417. The lowest BCUT2D eigenvalue weighted by atomic mass is 10.1. The van der Waals surface area contributed by atoms with Crippen molar-refractivity contribution >= 4 is 33.0 Å². The van der Waals surface area contributed by atoms with Gasteiger partial charge in [-0.2, -0.15) is 0 Å². The Bertz CT molecular complexity index is 971. The predicted octanol–water partition coefficient (Wildman–Crippen LogP) is 2.82. The lowest BCUT2D eigenvalue weighted by molar-refractivity contribution is 0.0890. The van der Waals surface area contributed by atoms with Gasteiger partial charge in [0.1, 0.15) is 10.9 Å². The van der Waals surface area contributed by atoms with Crippen molar-refractivity contribution in [2.45, 2.75) is 5.92 Å². The Balaban J connectivity index is 1.92. The van der Waals surface area contributed by atoms with Crippen LogP contribution in [0, 0.1) is 0 Å². The monoisotopic (exact) mass is 307 g/mol. The molecule has 0 amide bonds. The zero-order chi connectivity index (χ0) is 15.3. The maximum atomic E-state index is 12.5. The summed E-state index contributed by atoms with van der Waals surface area (Å²) >= 11 is 1.22. The summed E-state index contributed by atoms with van der Waals surface area (Å²) in [5.74, 6) is -1.54. The SMILES string of the molecule is O=C1c2ccccc2C(=O)C1c1nc(=O)c2ccccc2s1. The minimum atomic E-state index is -0.986. The second-order valence-electron chi connectivity index (χ2n) is 5.06. The van der Waals surface area contributed by atoms with Crippen LogP contribution in [0.2, 0.25) is 0 Å². The maximum absolute atomic E-state index is 12.5. The van der Waals surface area contributed by atoms with Gasteiger partial charge >= 0.3 is 0 Å². The molecule has 0 bridgehead atoms. The lowest BCUT2D eigenvalue weighted by Gasteiger charge is -2.06. The van der Waals surface area contributed by atoms with Crippen LogP contribution in [0.3, 0.4) is 0 Å². The first-order valence-electron chi connectivity index (χ1n) is 6.74. The third kappa shape index (κ3) is 1.76. The zero-order valence-corrected chi connectivity index (χ0v) is 12.1. The number of hydrogen-bond acceptors (Lipinski definition) is 5. The van der Waals surface area contributed by atoms with Gasteiger partial charge in [-0.05, 0) is 12.1 Å². The van der Waals surface area contributed by atoms with Gasteiger partial charge in [0.05, 0.1) is 5.39 Å². The molecule has 0 unspecified atom stereocenters. The average molecular weight is 307 g/mol. The summed E-state index contributed by atoms with van der Waals surface area (Å²) in [5, 5.41) is 0.779. The van der Waals surface area contributed by atoms with Crippen molar-refractivity contribution in [1.29, 1.82) is 0 Å². The molecule has 4 rings (SSSR count). The topological polar surface area (TPSA) is 64.1 Å². The van der Waals surface area contributed by atoms with Crippen LogP contribution in [-0.4, -0.2) is 16.6 Å². The van der Waals surface area contributed by atoms with Crippen LogP contribution in [0.1, 0.15) is 31.6 Å². The number of Topliss-reactive ketones (excluding diaryl/α,β-unsaturated/α-hetero) is 2. The Hall–Kier alpha value is -2.66. The summed E-state index contributed by atoms with van der Waals surface area (Å²) in [7, 11) is 0. The molecule has 0 N–H and O–H groups in total. The third-order valence-electron chi connectivity index (χ3n) is 3.77. The van der Waals surface area contributed by atoms with Crippen molar-refractivity contribution < 1.29 is 9.59 Å². The minimum Gasteiger partial charge on any atom is -0.293 e. The summed E-state index contributed by atoms with van der Waals surface area (Å²) in [6, 6.07) is 13.8. The van der Waals surface area contributed by atoms with Gasteiger partial charge in [0.25, 0.3) is 5.56 Å². The molecule has 0 saturated carbocycles. The van der Waals surface area contributed by atoms with Crippen LogP contribution in [0.15, 0.2) is 53.3 Å². The predicted molar refractivity (Wildman–Crippen MR) is 83.7 cm³/mol. The van der Waals surface area contributed by atoms with Crippen molar-refractivity contribution in [2.24, 2.45) is 0 Å². The normalized spacial score (nSPS) is 14.5. The van der Waals surface area contributed by atoms with Gasteiger partial charge in [-0.25, -0.2) is 4.98 Å². The van der Waals surface area contributed by atoms with Crippen molar-refractivity contribution in [1.82, 2.24) is 4.98 Å². The molecule has 0 radical (unpaired) electrons. The average Bonchev–Trinajstić information content (AvgIpc) is 2.79. The Morgan fingerprint density at radius 2 is 1.41 bits per heavy atom. The van der Waals surface area contributed by atoms with Crippen LogP contribution < -0.4 is 5.56 Å². The van der Waals surface area contributed by atoms with Gasteiger partial charge in [0.15, 0.2) is 11.6 Å². The largest absolute Gasteiger partial charge is 0.293 e. The highest BCUT2D eigenvalue weighted by Crippen LogP contribution is 2.35. The molecule has 22 heavy (non-hydrogen) atoms. The van der Waals surface area contributed by atoms with Crippen molar-refractivity contribution in [2.75, 3.05) is 0 Å². The van der Waals surface area contributed by atoms with Gasteiger partial charge < -0.3 is 0 Å². The van der Waals surface area contributed by atoms with E-state index < -0.39 is 11.5 Å². The van der Waals surface area contributed by atoms with Crippen molar-refractivity contribution in [3.8, 4) is 0 Å². The first-order chi connectivity index (χ1) is 10.7. The van der Waals surface area contributed by atoms with E-state index in [0.717, 1.165) is 4.70 Å². The molecule has 1 aliphatic rings. The molecule has 0 aliphatic heterocycles. The summed E-state index contributed by atoms with van der Waals surface area (Å²) in [6.45, 7) is 0. The number of hydrogen-bond donors (Lipinski definition) is 0. The van der Waals surface area contributed by atoms with Crippen LogP contribution in [0.4, 0.5) is 0 Å². The molecule has 4 nitrogen and oxygen atoms in total. The quantitative estimate of drug-likeness (QED) is 0.648. The Morgan fingerprint density at radius 1 is 0.818 bits per heavy atom. The molecular formula is C17H9NO3S. The van der Waals surface area contributed by atoms with Crippen LogP contribution in [0.25, 0.3) is 10.1 Å². The highest BCUT2D eigenvalue weighted by atomic mass is 32.1. The molecule has 1 heterocycles. The van der Waals surface area contributed by atoms with Gasteiger partial charge in [-0.15, -0.1) is 11.3 Å². The van der Waals surface area contributed by atoms with Gasteiger partial charge in [-0.3, -0.25) is 14.4 Å². The molecule has 0 atom stereocenters. The molecule has 106 valence electrons.